The van der Waals surface area contributed by atoms with Gasteiger partial charge in [-0.2, -0.15) is 5.10 Å². The van der Waals surface area contributed by atoms with Crippen LogP contribution in [0.5, 0.6) is 5.75 Å². The number of carbonyl (C=O) groups is 1. The van der Waals surface area contributed by atoms with Gasteiger partial charge >= 0.3 is 0 Å². The lowest BCUT2D eigenvalue weighted by molar-refractivity contribution is 0.0775. The third-order valence-corrected chi connectivity index (χ3v) is 5.22. The van der Waals surface area contributed by atoms with Gasteiger partial charge in [-0.05, 0) is 23.8 Å². The lowest BCUT2D eigenvalue weighted by Gasteiger charge is -2.31. The lowest BCUT2D eigenvalue weighted by Crippen LogP contribution is -2.37. The average molecular weight is 406 g/mol. The standard InChI is InChI=1S/C23H26N4O3/c1-25(16-18-8-6-7-11-20(18)26-12-14-30-15-13-26)23(28)22-21(29-2)17-27(24-22)19-9-4-3-5-10-19/h3-11,17H,12-16H2,1-2H3. The summed E-state index contributed by atoms with van der Waals surface area (Å²) in [4.78, 5) is 17.2. The molecule has 7 nitrogen and oxygen atoms in total. The fourth-order valence-electron chi connectivity index (χ4n) is 3.63. The molecule has 0 saturated carbocycles. The predicted molar refractivity (Wildman–Crippen MR) is 115 cm³/mol. The van der Waals surface area contributed by atoms with Crippen LogP contribution in [0.4, 0.5) is 5.69 Å². The molecule has 1 aromatic heterocycles. The number of rotatable bonds is 6. The molecule has 1 amide bonds. The molecule has 4 rings (SSSR count). The van der Waals surface area contributed by atoms with Gasteiger partial charge < -0.3 is 19.3 Å². The van der Waals surface area contributed by atoms with Gasteiger partial charge in [-0.15, -0.1) is 0 Å². The number of anilines is 1. The Hall–Kier alpha value is -3.32. The van der Waals surface area contributed by atoms with E-state index in [9.17, 15) is 4.79 Å². The number of carbonyl (C=O) groups excluding carboxylic acids is 1. The molecule has 156 valence electrons. The van der Waals surface area contributed by atoms with Crippen molar-refractivity contribution in [2.45, 2.75) is 6.54 Å². The van der Waals surface area contributed by atoms with Crippen LogP contribution in [0.15, 0.2) is 60.8 Å². The number of hydrogen-bond donors (Lipinski definition) is 0. The number of para-hydroxylation sites is 2. The number of morpholine rings is 1. The Bertz CT molecular complexity index is 997. The smallest absolute Gasteiger partial charge is 0.278 e. The van der Waals surface area contributed by atoms with Crippen molar-refractivity contribution in [2.75, 3.05) is 45.4 Å². The van der Waals surface area contributed by atoms with Crippen LogP contribution >= 0.6 is 0 Å². The van der Waals surface area contributed by atoms with Crippen LogP contribution in [0, 0.1) is 0 Å². The maximum absolute atomic E-state index is 13.2. The van der Waals surface area contributed by atoms with E-state index < -0.39 is 0 Å². The average Bonchev–Trinajstić information content (AvgIpc) is 3.24. The van der Waals surface area contributed by atoms with E-state index in [4.69, 9.17) is 9.47 Å². The molecule has 0 atom stereocenters. The van der Waals surface area contributed by atoms with Crippen molar-refractivity contribution in [3.63, 3.8) is 0 Å². The summed E-state index contributed by atoms with van der Waals surface area (Å²) in [5, 5.41) is 4.50. The van der Waals surface area contributed by atoms with Gasteiger partial charge in [-0.1, -0.05) is 36.4 Å². The molecule has 0 N–H and O–H groups in total. The van der Waals surface area contributed by atoms with E-state index in [2.05, 4.69) is 22.1 Å². The van der Waals surface area contributed by atoms with E-state index >= 15 is 0 Å². The van der Waals surface area contributed by atoms with Crippen LogP contribution in [-0.4, -0.2) is 61.0 Å². The van der Waals surface area contributed by atoms with Crippen molar-refractivity contribution in [2.24, 2.45) is 0 Å². The number of methoxy groups -OCH3 is 1. The second-order valence-corrected chi connectivity index (χ2v) is 7.22. The largest absolute Gasteiger partial charge is 0.493 e. The monoisotopic (exact) mass is 406 g/mol. The number of amides is 1. The van der Waals surface area contributed by atoms with Crippen LogP contribution in [0.2, 0.25) is 0 Å². The van der Waals surface area contributed by atoms with Crippen molar-refractivity contribution in [1.29, 1.82) is 0 Å². The highest BCUT2D eigenvalue weighted by atomic mass is 16.5. The molecule has 1 fully saturated rings. The zero-order valence-corrected chi connectivity index (χ0v) is 17.3. The third kappa shape index (κ3) is 4.16. The summed E-state index contributed by atoms with van der Waals surface area (Å²) >= 11 is 0. The molecule has 0 bridgehead atoms. The number of benzene rings is 2. The molecule has 30 heavy (non-hydrogen) atoms. The molecule has 1 aliphatic heterocycles. The Morgan fingerprint density at radius 3 is 2.53 bits per heavy atom. The van der Waals surface area contributed by atoms with Crippen molar-refractivity contribution in [3.8, 4) is 11.4 Å². The fraction of sp³-hybridized carbons (Fsp3) is 0.304. The van der Waals surface area contributed by atoms with Gasteiger partial charge in [0.05, 0.1) is 32.2 Å². The van der Waals surface area contributed by atoms with Crippen LogP contribution in [0.3, 0.4) is 0 Å². The van der Waals surface area contributed by atoms with Crippen molar-refractivity contribution in [3.05, 3.63) is 72.1 Å². The first kappa shape index (κ1) is 20.0. The molecule has 0 unspecified atom stereocenters. The Morgan fingerprint density at radius 1 is 1.10 bits per heavy atom. The van der Waals surface area contributed by atoms with Crippen LogP contribution in [-0.2, 0) is 11.3 Å². The molecule has 0 aliphatic carbocycles. The van der Waals surface area contributed by atoms with E-state index in [0.717, 1.165) is 43.2 Å². The van der Waals surface area contributed by atoms with Crippen molar-refractivity contribution < 1.29 is 14.3 Å². The molecular weight excluding hydrogens is 380 g/mol. The summed E-state index contributed by atoms with van der Waals surface area (Å²) < 4.78 is 12.6. The molecule has 1 saturated heterocycles. The molecule has 2 aromatic carbocycles. The molecule has 0 spiro atoms. The predicted octanol–water partition coefficient (Wildman–Crippen LogP) is 2.99. The van der Waals surface area contributed by atoms with E-state index in [-0.39, 0.29) is 5.91 Å². The van der Waals surface area contributed by atoms with E-state index in [1.807, 2.05) is 42.5 Å². The van der Waals surface area contributed by atoms with Gasteiger partial charge in [0.2, 0.25) is 0 Å². The molecule has 0 radical (unpaired) electrons. The minimum absolute atomic E-state index is 0.182. The second kappa shape index (κ2) is 9.00. The number of nitrogens with zero attached hydrogens (tertiary/aromatic N) is 4. The third-order valence-electron chi connectivity index (χ3n) is 5.22. The maximum atomic E-state index is 13.2. The number of ether oxygens (including phenoxy) is 2. The van der Waals surface area contributed by atoms with Gasteiger partial charge in [0.25, 0.3) is 5.91 Å². The Morgan fingerprint density at radius 2 is 1.80 bits per heavy atom. The summed E-state index contributed by atoms with van der Waals surface area (Å²) in [5.41, 5.74) is 3.40. The minimum Gasteiger partial charge on any atom is -0.493 e. The first-order valence-electron chi connectivity index (χ1n) is 10.0. The number of aromatic nitrogens is 2. The highest BCUT2D eigenvalue weighted by Gasteiger charge is 2.23. The SMILES string of the molecule is COc1cn(-c2ccccc2)nc1C(=O)N(C)Cc1ccccc1N1CCOCC1. The molecule has 3 aromatic rings. The molecule has 1 aliphatic rings. The summed E-state index contributed by atoms with van der Waals surface area (Å²) in [7, 11) is 3.34. The van der Waals surface area contributed by atoms with Gasteiger partial charge in [0.15, 0.2) is 11.4 Å². The Balaban J connectivity index is 1.56. The summed E-state index contributed by atoms with van der Waals surface area (Å²) in [5.74, 6) is 0.274. The quantitative estimate of drug-likeness (QED) is 0.630. The van der Waals surface area contributed by atoms with E-state index in [1.54, 1.807) is 29.9 Å². The topological polar surface area (TPSA) is 59.8 Å². The maximum Gasteiger partial charge on any atom is 0.278 e. The van der Waals surface area contributed by atoms with Crippen LogP contribution in [0.1, 0.15) is 16.1 Å². The van der Waals surface area contributed by atoms with E-state index in [0.29, 0.717) is 18.0 Å². The van der Waals surface area contributed by atoms with Crippen molar-refractivity contribution >= 4 is 11.6 Å². The second-order valence-electron chi connectivity index (χ2n) is 7.22. The molecular formula is C23H26N4O3. The van der Waals surface area contributed by atoms with Gasteiger partial charge in [0, 0.05) is 32.4 Å². The van der Waals surface area contributed by atoms with Gasteiger partial charge in [0.1, 0.15) is 0 Å². The number of hydrogen-bond acceptors (Lipinski definition) is 5. The Kier molecular flexibility index (Phi) is 5.99. The normalized spacial score (nSPS) is 13.9. The highest BCUT2D eigenvalue weighted by Crippen LogP contribution is 2.25. The van der Waals surface area contributed by atoms with Crippen molar-refractivity contribution in [1.82, 2.24) is 14.7 Å². The summed E-state index contributed by atoms with van der Waals surface area (Å²) in [6.45, 7) is 3.62. The summed E-state index contributed by atoms with van der Waals surface area (Å²) in [6.07, 6.45) is 1.73. The zero-order chi connectivity index (χ0) is 20.9. The fourth-order valence-corrected chi connectivity index (χ4v) is 3.63. The minimum atomic E-state index is -0.182. The molecule has 7 heteroatoms. The van der Waals surface area contributed by atoms with Gasteiger partial charge in [-0.3, -0.25) is 4.79 Å². The van der Waals surface area contributed by atoms with E-state index in [1.165, 1.54) is 0 Å². The Labute approximate surface area is 176 Å². The first-order chi connectivity index (χ1) is 14.7. The molecule has 2 heterocycles. The summed E-state index contributed by atoms with van der Waals surface area (Å²) in [6, 6.07) is 17.9. The van der Waals surface area contributed by atoms with Crippen LogP contribution in [0.25, 0.3) is 5.69 Å². The first-order valence-corrected chi connectivity index (χ1v) is 10.0. The zero-order valence-electron chi connectivity index (χ0n) is 17.3. The highest BCUT2D eigenvalue weighted by molar-refractivity contribution is 5.94. The van der Waals surface area contributed by atoms with Gasteiger partial charge in [-0.25, -0.2) is 4.68 Å². The van der Waals surface area contributed by atoms with Crippen LogP contribution < -0.4 is 9.64 Å². The lowest BCUT2D eigenvalue weighted by atomic mass is 10.1.